The molecular weight excluding hydrogens is 362 g/mol. The fraction of sp³-hybridized carbons (Fsp3) is 0.667. The highest BCUT2D eigenvalue weighted by atomic mass is 16.2. The van der Waals surface area contributed by atoms with Gasteiger partial charge in [0.15, 0.2) is 0 Å². The number of hydrogen-bond acceptors (Lipinski definition) is 3. The van der Waals surface area contributed by atoms with E-state index in [9.17, 15) is 9.59 Å². The first-order chi connectivity index (χ1) is 14.0. The van der Waals surface area contributed by atoms with E-state index in [-0.39, 0.29) is 29.8 Å². The number of fused-ring (bicyclic) bond motifs is 3. The van der Waals surface area contributed by atoms with Crippen LogP contribution in [-0.2, 0) is 22.6 Å². The number of nitrogens with one attached hydrogen (secondary N) is 1. The Bertz CT molecular complexity index is 750. The minimum Gasteiger partial charge on any atom is -0.351 e. The molecule has 3 N–H and O–H groups in total. The molecule has 0 radical (unpaired) electrons. The van der Waals surface area contributed by atoms with E-state index in [0.29, 0.717) is 24.8 Å². The standard InChI is InChI=1S/C24H35N3O2/c1-3-15(2)24(29)27-14-19-8-5-4-7-16(19)13-21(27)23(28)26-22-17-9-6-10-18(22)12-20(25)11-17/h4-5,7-8,15,17-18,20-22H,3,6,9-14,25H2,1-2H3,(H,26,28). The van der Waals surface area contributed by atoms with Crippen LogP contribution in [0.4, 0.5) is 0 Å². The lowest BCUT2D eigenvalue weighted by atomic mass is 9.67. The zero-order valence-electron chi connectivity index (χ0n) is 17.8. The lowest BCUT2D eigenvalue weighted by molar-refractivity contribution is -0.145. The first-order valence-corrected chi connectivity index (χ1v) is 11.4. The van der Waals surface area contributed by atoms with Crippen molar-refractivity contribution in [1.82, 2.24) is 10.2 Å². The highest BCUT2D eigenvalue weighted by Gasteiger charge is 2.42. The minimum atomic E-state index is -0.414. The summed E-state index contributed by atoms with van der Waals surface area (Å²) in [7, 11) is 0. The Morgan fingerprint density at radius 3 is 2.48 bits per heavy atom. The largest absolute Gasteiger partial charge is 0.351 e. The molecule has 1 aliphatic heterocycles. The third-order valence-corrected chi connectivity index (χ3v) is 7.55. The van der Waals surface area contributed by atoms with E-state index in [4.69, 9.17) is 5.73 Å². The quantitative estimate of drug-likeness (QED) is 0.820. The number of hydrogen-bond donors (Lipinski definition) is 2. The normalized spacial score (nSPS) is 32.2. The lowest BCUT2D eigenvalue weighted by Crippen LogP contribution is -2.59. The number of carbonyl (C=O) groups excluding carboxylic acids is 2. The summed E-state index contributed by atoms with van der Waals surface area (Å²) in [4.78, 5) is 28.4. The zero-order chi connectivity index (χ0) is 20.5. The molecule has 0 spiro atoms. The maximum absolute atomic E-state index is 13.5. The molecule has 2 bridgehead atoms. The molecule has 5 nitrogen and oxygen atoms in total. The molecule has 2 fully saturated rings. The summed E-state index contributed by atoms with van der Waals surface area (Å²) in [5, 5.41) is 3.40. The first kappa shape index (κ1) is 20.4. The molecule has 2 amide bonds. The Hall–Kier alpha value is -1.88. The molecule has 1 aromatic rings. The van der Waals surface area contributed by atoms with Crippen LogP contribution in [0.3, 0.4) is 0 Å². The number of nitrogens with zero attached hydrogens (tertiary/aromatic N) is 1. The monoisotopic (exact) mass is 397 g/mol. The van der Waals surface area contributed by atoms with Gasteiger partial charge in [-0.15, -0.1) is 0 Å². The third kappa shape index (κ3) is 4.07. The van der Waals surface area contributed by atoms with Crippen LogP contribution in [0.2, 0.25) is 0 Å². The maximum atomic E-state index is 13.5. The molecule has 2 saturated carbocycles. The molecule has 0 aromatic heterocycles. The second kappa shape index (κ2) is 8.47. The number of carbonyl (C=O) groups is 2. The summed E-state index contributed by atoms with van der Waals surface area (Å²) in [6.07, 6.45) is 6.94. The maximum Gasteiger partial charge on any atom is 0.243 e. The average molecular weight is 398 g/mol. The summed E-state index contributed by atoms with van der Waals surface area (Å²) in [5.41, 5.74) is 8.61. The van der Waals surface area contributed by atoms with Crippen LogP contribution in [0.15, 0.2) is 24.3 Å². The molecule has 5 heteroatoms. The van der Waals surface area contributed by atoms with Crippen molar-refractivity contribution >= 4 is 11.8 Å². The van der Waals surface area contributed by atoms with Gasteiger partial charge >= 0.3 is 0 Å². The molecule has 29 heavy (non-hydrogen) atoms. The van der Waals surface area contributed by atoms with Gasteiger partial charge in [-0.25, -0.2) is 0 Å². The van der Waals surface area contributed by atoms with Gasteiger partial charge in [-0.2, -0.15) is 0 Å². The summed E-state index contributed by atoms with van der Waals surface area (Å²) in [6.45, 7) is 4.52. The van der Waals surface area contributed by atoms with Crippen molar-refractivity contribution in [1.29, 1.82) is 0 Å². The van der Waals surface area contributed by atoms with Crippen molar-refractivity contribution in [2.75, 3.05) is 0 Å². The van der Waals surface area contributed by atoms with E-state index in [1.165, 1.54) is 12.0 Å². The molecule has 3 aliphatic rings. The summed E-state index contributed by atoms with van der Waals surface area (Å²) in [5.74, 6) is 1.01. The van der Waals surface area contributed by atoms with E-state index in [1.807, 2.05) is 30.9 Å². The van der Waals surface area contributed by atoms with Crippen LogP contribution in [0.25, 0.3) is 0 Å². The summed E-state index contributed by atoms with van der Waals surface area (Å²) < 4.78 is 0. The van der Waals surface area contributed by atoms with Crippen LogP contribution in [-0.4, -0.2) is 34.8 Å². The Kier molecular flexibility index (Phi) is 5.95. The predicted octanol–water partition coefficient (Wildman–Crippen LogP) is 3.01. The molecule has 4 rings (SSSR count). The van der Waals surface area contributed by atoms with Gasteiger partial charge in [-0.05, 0) is 55.1 Å². The van der Waals surface area contributed by atoms with E-state index in [1.54, 1.807) is 0 Å². The molecule has 0 saturated heterocycles. The van der Waals surface area contributed by atoms with Gasteiger partial charge in [0.2, 0.25) is 11.8 Å². The van der Waals surface area contributed by atoms with Crippen LogP contribution >= 0.6 is 0 Å². The molecule has 1 heterocycles. The average Bonchev–Trinajstić information content (AvgIpc) is 2.72. The van der Waals surface area contributed by atoms with Gasteiger partial charge in [0.05, 0.1) is 0 Å². The summed E-state index contributed by atoms with van der Waals surface area (Å²) >= 11 is 0. The zero-order valence-corrected chi connectivity index (χ0v) is 17.8. The Balaban J connectivity index is 1.55. The summed E-state index contributed by atoms with van der Waals surface area (Å²) in [6, 6.07) is 8.27. The van der Waals surface area contributed by atoms with E-state index in [2.05, 4.69) is 17.4 Å². The van der Waals surface area contributed by atoms with E-state index < -0.39 is 6.04 Å². The van der Waals surface area contributed by atoms with Crippen molar-refractivity contribution in [3.63, 3.8) is 0 Å². The van der Waals surface area contributed by atoms with Gasteiger partial charge in [0.25, 0.3) is 0 Å². The molecule has 4 unspecified atom stereocenters. The number of nitrogens with two attached hydrogens (primary N) is 1. The number of amides is 2. The predicted molar refractivity (Wildman–Crippen MR) is 114 cm³/mol. The van der Waals surface area contributed by atoms with Gasteiger partial charge in [0, 0.05) is 31.0 Å². The second-order valence-electron chi connectivity index (χ2n) is 9.48. The lowest BCUT2D eigenvalue weighted by Gasteiger charge is -2.46. The number of rotatable bonds is 4. The van der Waals surface area contributed by atoms with Gasteiger partial charge in [-0.3, -0.25) is 9.59 Å². The van der Waals surface area contributed by atoms with E-state index >= 15 is 0 Å². The van der Waals surface area contributed by atoms with Crippen molar-refractivity contribution in [2.45, 2.75) is 83.5 Å². The topological polar surface area (TPSA) is 75.4 Å². The van der Waals surface area contributed by atoms with Crippen molar-refractivity contribution < 1.29 is 9.59 Å². The fourth-order valence-electron chi connectivity index (χ4n) is 5.73. The SMILES string of the molecule is CCC(C)C(=O)N1Cc2ccccc2CC1C(=O)NC1C2CCCC1CC(N)C2. The first-order valence-electron chi connectivity index (χ1n) is 11.4. The highest BCUT2D eigenvalue weighted by Crippen LogP contribution is 2.40. The van der Waals surface area contributed by atoms with Crippen molar-refractivity contribution in [2.24, 2.45) is 23.5 Å². The van der Waals surface area contributed by atoms with Crippen LogP contribution in [0.1, 0.15) is 63.5 Å². The fourth-order valence-corrected chi connectivity index (χ4v) is 5.73. The highest BCUT2D eigenvalue weighted by molar-refractivity contribution is 5.89. The van der Waals surface area contributed by atoms with Gasteiger partial charge in [0.1, 0.15) is 6.04 Å². The van der Waals surface area contributed by atoms with Gasteiger partial charge in [-0.1, -0.05) is 44.5 Å². The van der Waals surface area contributed by atoms with Crippen LogP contribution < -0.4 is 11.1 Å². The van der Waals surface area contributed by atoms with E-state index in [0.717, 1.165) is 37.7 Å². The molecule has 2 aliphatic carbocycles. The Labute approximate surface area is 174 Å². The molecular formula is C24H35N3O2. The number of benzene rings is 1. The Morgan fingerprint density at radius 2 is 1.83 bits per heavy atom. The van der Waals surface area contributed by atoms with Crippen molar-refractivity contribution in [3.8, 4) is 0 Å². The molecule has 158 valence electrons. The van der Waals surface area contributed by atoms with Gasteiger partial charge < -0.3 is 16.0 Å². The second-order valence-corrected chi connectivity index (χ2v) is 9.48. The molecule has 4 atom stereocenters. The smallest absolute Gasteiger partial charge is 0.243 e. The molecule has 1 aromatic carbocycles. The minimum absolute atomic E-state index is 0.0218. The van der Waals surface area contributed by atoms with Crippen molar-refractivity contribution in [3.05, 3.63) is 35.4 Å². The van der Waals surface area contributed by atoms with Crippen LogP contribution in [0, 0.1) is 17.8 Å². The third-order valence-electron chi connectivity index (χ3n) is 7.55. The van der Waals surface area contributed by atoms with Crippen LogP contribution in [0.5, 0.6) is 0 Å². The Morgan fingerprint density at radius 1 is 1.17 bits per heavy atom.